The third-order valence-corrected chi connectivity index (χ3v) is 5.20. The van der Waals surface area contributed by atoms with Gasteiger partial charge in [0, 0.05) is 24.3 Å². The fraction of sp³-hybridized carbons (Fsp3) is 0.348. The van der Waals surface area contributed by atoms with E-state index in [2.05, 4.69) is 16.1 Å². The van der Waals surface area contributed by atoms with Crippen LogP contribution in [0.3, 0.4) is 0 Å². The van der Waals surface area contributed by atoms with Gasteiger partial charge in [-0.25, -0.2) is 0 Å². The van der Waals surface area contributed by atoms with Crippen molar-refractivity contribution in [2.75, 3.05) is 18.6 Å². The molecule has 0 atom stereocenters. The maximum Gasteiger partial charge on any atom is 0.315 e. The van der Waals surface area contributed by atoms with Crippen molar-refractivity contribution in [2.24, 2.45) is 0 Å². The smallest absolute Gasteiger partial charge is 0.315 e. The Morgan fingerprint density at radius 1 is 1.10 bits per heavy atom. The van der Waals surface area contributed by atoms with Crippen molar-refractivity contribution in [1.82, 2.24) is 5.32 Å². The number of ether oxygens (including phenoxy) is 1. The first-order chi connectivity index (χ1) is 14.0. The van der Waals surface area contributed by atoms with E-state index in [-0.39, 0.29) is 12.3 Å². The van der Waals surface area contributed by atoms with Crippen LogP contribution in [0, 0.1) is 6.92 Å². The van der Waals surface area contributed by atoms with Crippen LogP contribution in [0.15, 0.2) is 42.5 Å². The molecule has 152 valence electrons. The van der Waals surface area contributed by atoms with E-state index < -0.39 is 11.9 Å². The van der Waals surface area contributed by atoms with Crippen LogP contribution in [0.5, 0.6) is 0 Å². The number of fused-ring (bicyclic) bond motifs is 1. The van der Waals surface area contributed by atoms with Crippen LogP contribution >= 0.6 is 0 Å². The van der Waals surface area contributed by atoms with Gasteiger partial charge >= 0.3 is 5.97 Å². The van der Waals surface area contributed by atoms with E-state index in [1.807, 2.05) is 42.2 Å². The monoisotopic (exact) mass is 394 g/mol. The van der Waals surface area contributed by atoms with Crippen molar-refractivity contribution in [3.63, 3.8) is 0 Å². The Labute approximate surface area is 170 Å². The molecular formula is C23H26N2O4. The topological polar surface area (TPSA) is 75.7 Å². The maximum atomic E-state index is 13.2. The second-order valence-corrected chi connectivity index (χ2v) is 7.21. The lowest BCUT2D eigenvalue weighted by atomic mass is 10.0. The highest BCUT2D eigenvalue weighted by molar-refractivity contribution is 6.06. The van der Waals surface area contributed by atoms with Gasteiger partial charge < -0.3 is 15.0 Å². The van der Waals surface area contributed by atoms with Gasteiger partial charge in [0.15, 0.2) is 0 Å². The molecule has 1 N–H and O–H groups in total. The zero-order valence-electron chi connectivity index (χ0n) is 16.9. The number of para-hydroxylation sites is 1. The molecule has 0 aliphatic carbocycles. The SMILES string of the molecule is COC(=O)CC(=O)NCc1ccc(C(=O)N2CCCCc3ccccc32)cc1C. The summed E-state index contributed by atoms with van der Waals surface area (Å²) in [6.45, 7) is 2.91. The molecule has 0 radical (unpaired) electrons. The van der Waals surface area contributed by atoms with Gasteiger partial charge in [0.05, 0.1) is 7.11 Å². The summed E-state index contributed by atoms with van der Waals surface area (Å²) >= 11 is 0. The van der Waals surface area contributed by atoms with Crippen molar-refractivity contribution in [3.05, 3.63) is 64.7 Å². The molecule has 0 aromatic heterocycles. The van der Waals surface area contributed by atoms with Gasteiger partial charge in [-0.1, -0.05) is 24.3 Å². The van der Waals surface area contributed by atoms with Gasteiger partial charge in [-0.15, -0.1) is 0 Å². The van der Waals surface area contributed by atoms with Crippen LogP contribution < -0.4 is 10.2 Å². The van der Waals surface area contributed by atoms with E-state index in [0.717, 1.165) is 36.1 Å². The lowest BCUT2D eigenvalue weighted by Crippen LogP contribution is -2.32. The van der Waals surface area contributed by atoms with E-state index >= 15 is 0 Å². The highest BCUT2D eigenvalue weighted by atomic mass is 16.5. The van der Waals surface area contributed by atoms with Crippen LogP contribution in [0.25, 0.3) is 0 Å². The van der Waals surface area contributed by atoms with Crippen LogP contribution in [-0.4, -0.2) is 31.4 Å². The predicted octanol–water partition coefficient (Wildman–Crippen LogP) is 3.16. The summed E-state index contributed by atoms with van der Waals surface area (Å²) in [5.74, 6) is -0.973. The number of esters is 1. The average molecular weight is 394 g/mol. The molecule has 1 aliphatic rings. The average Bonchev–Trinajstić information content (AvgIpc) is 2.94. The number of carbonyl (C=O) groups is 3. The van der Waals surface area contributed by atoms with E-state index in [0.29, 0.717) is 18.7 Å². The van der Waals surface area contributed by atoms with Crippen LogP contribution in [0.2, 0.25) is 0 Å². The van der Waals surface area contributed by atoms with E-state index in [1.165, 1.54) is 12.7 Å². The predicted molar refractivity (Wildman–Crippen MR) is 111 cm³/mol. The first kappa shape index (κ1) is 20.6. The summed E-state index contributed by atoms with van der Waals surface area (Å²) in [7, 11) is 1.25. The summed E-state index contributed by atoms with van der Waals surface area (Å²) in [4.78, 5) is 38.0. The highest BCUT2D eigenvalue weighted by Gasteiger charge is 2.22. The number of hydrogen-bond donors (Lipinski definition) is 1. The number of anilines is 1. The van der Waals surface area contributed by atoms with Gasteiger partial charge in [-0.3, -0.25) is 14.4 Å². The Kier molecular flexibility index (Phi) is 6.65. The molecule has 1 aliphatic heterocycles. The molecule has 0 bridgehead atoms. The number of nitrogens with one attached hydrogen (secondary N) is 1. The molecule has 2 amide bonds. The van der Waals surface area contributed by atoms with Crippen molar-refractivity contribution >= 4 is 23.5 Å². The van der Waals surface area contributed by atoms with E-state index in [1.54, 1.807) is 6.07 Å². The molecule has 1 heterocycles. The Bertz CT molecular complexity index is 923. The van der Waals surface area contributed by atoms with E-state index in [4.69, 9.17) is 0 Å². The summed E-state index contributed by atoms with van der Waals surface area (Å²) in [5.41, 5.74) is 4.64. The standard InChI is InChI=1S/C23H26N2O4/c1-16-13-18(10-11-19(16)15-24-21(26)14-22(27)29-2)23(28)25-12-6-5-8-17-7-3-4-9-20(17)25/h3-4,7,9-11,13H,5-6,8,12,14-15H2,1-2H3,(H,24,26). The van der Waals surface area contributed by atoms with Crippen LogP contribution in [0.1, 0.15) is 46.3 Å². The first-order valence-electron chi connectivity index (χ1n) is 9.82. The minimum atomic E-state index is -0.571. The normalized spacial score (nSPS) is 13.2. The molecular weight excluding hydrogens is 368 g/mol. The second kappa shape index (κ2) is 9.37. The van der Waals surface area contributed by atoms with Crippen molar-refractivity contribution in [1.29, 1.82) is 0 Å². The first-order valence-corrected chi connectivity index (χ1v) is 9.82. The van der Waals surface area contributed by atoms with Gasteiger partial charge in [-0.05, 0) is 61.1 Å². The van der Waals surface area contributed by atoms with Gasteiger partial charge in [0.25, 0.3) is 5.91 Å². The van der Waals surface area contributed by atoms with Crippen molar-refractivity contribution in [3.8, 4) is 0 Å². The lowest BCUT2D eigenvalue weighted by molar-refractivity contribution is -0.143. The number of rotatable bonds is 5. The maximum absolute atomic E-state index is 13.2. The molecule has 0 unspecified atom stereocenters. The molecule has 3 rings (SSSR count). The van der Waals surface area contributed by atoms with Crippen LogP contribution in [-0.2, 0) is 27.3 Å². The largest absolute Gasteiger partial charge is 0.469 e. The number of carbonyl (C=O) groups excluding carboxylic acids is 3. The van der Waals surface area contributed by atoms with E-state index in [9.17, 15) is 14.4 Å². The number of methoxy groups -OCH3 is 1. The molecule has 0 saturated heterocycles. The van der Waals surface area contributed by atoms with Gasteiger partial charge in [-0.2, -0.15) is 0 Å². The number of aryl methyl sites for hydroxylation is 2. The lowest BCUT2D eigenvalue weighted by Gasteiger charge is -2.23. The number of amides is 2. The molecule has 2 aromatic rings. The molecule has 0 saturated carbocycles. The highest BCUT2D eigenvalue weighted by Crippen LogP contribution is 2.27. The molecule has 29 heavy (non-hydrogen) atoms. The molecule has 6 nitrogen and oxygen atoms in total. The zero-order valence-corrected chi connectivity index (χ0v) is 16.9. The quantitative estimate of drug-likeness (QED) is 0.624. The Morgan fingerprint density at radius 2 is 1.90 bits per heavy atom. The summed E-state index contributed by atoms with van der Waals surface area (Å²) < 4.78 is 4.49. The fourth-order valence-electron chi connectivity index (χ4n) is 3.54. The number of nitrogens with zero attached hydrogens (tertiary/aromatic N) is 1. The minimum Gasteiger partial charge on any atom is -0.469 e. The number of hydrogen-bond acceptors (Lipinski definition) is 4. The second-order valence-electron chi connectivity index (χ2n) is 7.21. The zero-order chi connectivity index (χ0) is 20.8. The van der Waals surface area contributed by atoms with Crippen molar-refractivity contribution < 1.29 is 19.1 Å². The Morgan fingerprint density at radius 3 is 2.66 bits per heavy atom. The third kappa shape index (κ3) is 5.02. The third-order valence-electron chi connectivity index (χ3n) is 5.20. The molecule has 2 aromatic carbocycles. The molecule has 0 fully saturated rings. The summed E-state index contributed by atoms with van der Waals surface area (Å²) in [6, 6.07) is 13.6. The Balaban J connectivity index is 1.72. The Hall–Kier alpha value is -3.15. The number of benzene rings is 2. The fourth-order valence-corrected chi connectivity index (χ4v) is 3.54. The minimum absolute atomic E-state index is 0.0104. The van der Waals surface area contributed by atoms with Gasteiger partial charge in [0.1, 0.15) is 6.42 Å². The summed E-state index contributed by atoms with van der Waals surface area (Å²) in [5, 5.41) is 2.70. The van der Waals surface area contributed by atoms with Crippen LogP contribution in [0.4, 0.5) is 5.69 Å². The summed E-state index contributed by atoms with van der Waals surface area (Å²) in [6.07, 6.45) is 2.73. The van der Waals surface area contributed by atoms with Gasteiger partial charge in [0.2, 0.25) is 5.91 Å². The molecule has 0 spiro atoms. The van der Waals surface area contributed by atoms with Crippen molar-refractivity contribution in [2.45, 2.75) is 39.2 Å². The molecule has 6 heteroatoms.